The van der Waals surface area contributed by atoms with E-state index in [0.29, 0.717) is 12.6 Å². The number of carboxylic acid groups (broad SMARTS) is 1. The lowest BCUT2D eigenvalue weighted by atomic mass is 10.2. The van der Waals surface area contributed by atoms with Crippen LogP contribution in [0, 0.1) is 0 Å². The van der Waals surface area contributed by atoms with Crippen molar-refractivity contribution in [2.45, 2.75) is 26.0 Å². The minimum atomic E-state index is -0.827. The molecule has 0 spiro atoms. The van der Waals surface area contributed by atoms with Gasteiger partial charge in [-0.25, -0.2) is 0 Å². The highest BCUT2D eigenvalue weighted by Gasteiger charge is 2.21. The van der Waals surface area contributed by atoms with Crippen molar-refractivity contribution in [2.24, 2.45) is 0 Å². The van der Waals surface area contributed by atoms with Gasteiger partial charge < -0.3 is 15.2 Å². The van der Waals surface area contributed by atoms with Crippen molar-refractivity contribution in [1.29, 1.82) is 0 Å². The number of nitrogens with zero attached hydrogens (tertiary/aromatic N) is 1. The van der Waals surface area contributed by atoms with Crippen molar-refractivity contribution >= 4 is 5.97 Å². The molecule has 0 aromatic carbocycles. The molecule has 1 aliphatic rings. The monoisotopic (exact) mass is 216 g/mol. The van der Waals surface area contributed by atoms with E-state index in [0.717, 1.165) is 19.7 Å². The van der Waals surface area contributed by atoms with Crippen molar-refractivity contribution < 1.29 is 14.6 Å². The predicted octanol–water partition coefficient (Wildman–Crippen LogP) is -0.230. The summed E-state index contributed by atoms with van der Waals surface area (Å²) >= 11 is 0. The molecule has 1 saturated heterocycles. The topological polar surface area (TPSA) is 61.8 Å². The average Bonchev–Trinajstić information content (AvgIpc) is 2.17. The zero-order valence-corrected chi connectivity index (χ0v) is 9.40. The molecule has 0 bridgehead atoms. The number of morpholine rings is 1. The lowest BCUT2D eigenvalue weighted by Crippen LogP contribution is -2.49. The number of aliphatic carboxylic acids is 1. The van der Waals surface area contributed by atoms with E-state index in [-0.39, 0.29) is 12.6 Å². The third-order valence-electron chi connectivity index (χ3n) is 2.55. The van der Waals surface area contributed by atoms with Crippen LogP contribution in [0.2, 0.25) is 0 Å². The van der Waals surface area contributed by atoms with Crippen LogP contribution in [0.1, 0.15) is 13.8 Å². The second-order valence-electron chi connectivity index (χ2n) is 4.11. The first kappa shape index (κ1) is 12.4. The van der Waals surface area contributed by atoms with Gasteiger partial charge in [0.1, 0.15) is 0 Å². The Kier molecular flexibility index (Phi) is 5.01. The minimum absolute atomic E-state index is 0.00153. The molecule has 1 heterocycles. The van der Waals surface area contributed by atoms with E-state index in [1.54, 1.807) is 0 Å². The minimum Gasteiger partial charge on any atom is -0.480 e. The van der Waals surface area contributed by atoms with E-state index in [4.69, 9.17) is 9.84 Å². The smallest absolute Gasteiger partial charge is 0.317 e. The molecule has 1 rings (SSSR count). The number of ether oxygens (including phenoxy) is 1. The molecule has 0 saturated carbocycles. The van der Waals surface area contributed by atoms with Gasteiger partial charge in [-0.15, -0.1) is 0 Å². The fraction of sp³-hybridized carbons (Fsp3) is 0.900. The van der Waals surface area contributed by atoms with E-state index < -0.39 is 5.97 Å². The van der Waals surface area contributed by atoms with Gasteiger partial charge in [-0.3, -0.25) is 9.69 Å². The lowest BCUT2D eigenvalue weighted by molar-refractivity contribution is -0.136. The SMILES string of the molecule is CC(C)N1CCOC(CNCC(=O)O)C1. The summed E-state index contributed by atoms with van der Waals surface area (Å²) in [7, 11) is 0. The molecule has 0 aromatic rings. The van der Waals surface area contributed by atoms with Crippen LogP contribution < -0.4 is 5.32 Å². The third-order valence-corrected chi connectivity index (χ3v) is 2.55. The molecule has 0 aromatic heterocycles. The molecule has 5 nitrogen and oxygen atoms in total. The van der Waals surface area contributed by atoms with Crippen LogP contribution in [-0.2, 0) is 9.53 Å². The van der Waals surface area contributed by atoms with Crippen LogP contribution in [0.4, 0.5) is 0 Å². The van der Waals surface area contributed by atoms with Gasteiger partial charge in [0, 0.05) is 25.7 Å². The molecule has 1 unspecified atom stereocenters. The summed E-state index contributed by atoms with van der Waals surface area (Å²) in [5.74, 6) is -0.827. The number of rotatable bonds is 5. The Bertz CT molecular complexity index is 209. The second kappa shape index (κ2) is 6.05. The van der Waals surface area contributed by atoms with Crippen molar-refractivity contribution in [2.75, 3.05) is 32.8 Å². The van der Waals surface area contributed by atoms with Gasteiger partial charge in [0.05, 0.1) is 19.3 Å². The quantitative estimate of drug-likeness (QED) is 0.664. The van der Waals surface area contributed by atoms with Crippen LogP contribution in [0.5, 0.6) is 0 Å². The first-order chi connectivity index (χ1) is 7.09. The Morgan fingerprint density at radius 1 is 1.67 bits per heavy atom. The lowest BCUT2D eigenvalue weighted by Gasteiger charge is -2.35. The van der Waals surface area contributed by atoms with Crippen LogP contribution in [0.15, 0.2) is 0 Å². The highest BCUT2D eigenvalue weighted by molar-refractivity contribution is 5.68. The molecule has 1 atom stereocenters. The van der Waals surface area contributed by atoms with E-state index in [2.05, 4.69) is 24.1 Å². The van der Waals surface area contributed by atoms with Crippen molar-refractivity contribution in [1.82, 2.24) is 10.2 Å². The molecule has 0 amide bonds. The Hall–Kier alpha value is -0.650. The van der Waals surface area contributed by atoms with Gasteiger partial charge in [0.25, 0.3) is 0 Å². The first-order valence-corrected chi connectivity index (χ1v) is 5.37. The molecule has 2 N–H and O–H groups in total. The summed E-state index contributed by atoms with van der Waals surface area (Å²) in [6.07, 6.45) is 0.112. The Labute approximate surface area is 90.4 Å². The molecule has 1 aliphatic heterocycles. The third kappa shape index (κ3) is 4.59. The molecule has 0 aliphatic carbocycles. The van der Waals surface area contributed by atoms with Gasteiger partial charge in [-0.1, -0.05) is 0 Å². The highest BCUT2D eigenvalue weighted by Crippen LogP contribution is 2.07. The van der Waals surface area contributed by atoms with Gasteiger partial charge in [-0.2, -0.15) is 0 Å². The van der Waals surface area contributed by atoms with Crippen molar-refractivity contribution in [3.05, 3.63) is 0 Å². The number of hydrogen-bond donors (Lipinski definition) is 2. The number of carboxylic acids is 1. The van der Waals surface area contributed by atoms with E-state index in [9.17, 15) is 4.79 Å². The zero-order chi connectivity index (χ0) is 11.3. The summed E-state index contributed by atoms with van der Waals surface area (Å²) in [6.45, 7) is 7.51. The van der Waals surface area contributed by atoms with E-state index in [1.807, 2.05) is 0 Å². The summed E-state index contributed by atoms with van der Waals surface area (Å²) in [6, 6.07) is 0.524. The highest BCUT2D eigenvalue weighted by atomic mass is 16.5. The maximum atomic E-state index is 10.3. The van der Waals surface area contributed by atoms with Gasteiger partial charge >= 0.3 is 5.97 Å². The largest absolute Gasteiger partial charge is 0.480 e. The van der Waals surface area contributed by atoms with Crippen LogP contribution in [0.25, 0.3) is 0 Å². The summed E-state index contributed by atoms with van der Waals surface area (Å²) in [5.41, 5.74) is 0. The maximum Gasteiger partial charge on any atom is 0.317 e. The van der Waals surface area contributed by atoms with Crippen LogP contribution in [-0.4, -0.2) is 60.9 Å². The standard InChI is InChI=1S/C10H20N2O3/c1-8(2)12-3-4-15-9(7-12)5-11-6-10(13)14/h8-9,11H,3-7H2,1-2H3,(H,13,14). The van der Waals surface area contributed by atoms with Gasteiger partial charge in [0.2, 0.25) is 0 Å². The van der Waals surface area contributed by atoms with Crippen molar-refractivity contribution in [3.63, 3.8) is 0 Å². The number of hydrogen-bond acceptors (Lipinski definition) is 4. The predicted molar refractivity (Wildman–Crippen MR) is 57.0 cm³/mol. The number of carbonyl (C=O) groups is 1. The molecular formula is C10H20N2O3. The van der Waals surface area contributed by atoms with E-state index in [1.165, 1.54) is 0 Å². The first-order valence-electron chi connectivity index (χ1n) is 5.37. The molecular weight excluding hydrogens is 196 g/mol. The van der Waals surface area contributed by atoms with Crippen LogP contribution >= 0.6 is 0 Å². The number of nitrogens with one attached hydrogen (secondary N) is 1. The van der Waals surface area contributed by atoms with Crippen LogP contribution in [0.3, 0.4) is 0 Å². The van der Waals surface area contributed by atoms with E-state index >= 15 is 0 Å². The molecule has 5 heteroatoms. The molecule has 15 heavy (non-hydrogen) atoms. The fourth-order valence-electron chi connectivity index (χ4n) is 1.67. The maximum absolute atomic E-state index is 10.3. The second-order valence-corrected chi connectivity index (χ2v) is 4.11. The Morgan fingerprint density at radius 3 is 3.00 bits per heavy atom. The summed E-state index contributed by atoms with van der Waals surface area (Å²) in [5, 5.41) is 11.3. The molecule has 1 fully saturated rings. The average molecular weight is 216 g/mol. The summed E-state index contributed by atoms with van der Waals surface area (Å²) in [4.78, 5) is 12.6. The normalized spacial score (nSPS) is 23.3. The summed E-state index contributed by atoms with van der Waals surface area (Å²) < 4.78 is 5.54. The van der Waals surface area contributed by atoms with Crippen molar-refractivity contribution in [3.8, 4) is 0 Å². The Balaban J connectivity index is 2.21. The fourth-order valence-corrected chi connectivity index (χ4v) is 1.67. The Morgan fingerprint density at radius 2 is 2.40 bits per heavy atom. The zero-order valence-electron chi connectivity index (χ0n) is 9.40. The molecule has 0 radical (unpaired) electrons. The van der Waals surface area contributed by atoms with Gasteiger partial charge in [-0.05, 0) is 13.8 Å². The molecule has 88 valence electrons. The van der Waals surface area contributed by atoms with Gasteiger partial charge in [0.15, 0.2) is 0 Å².